The van der Waals surface area contributed by atoms with E-state index < -0.39 is 17.7 Å². The third-order valence-electron chi connectivity index (χ3n) is 4.28. The normalized spacial score (nSPS) is 23.8. The second-order valence-corrected chi connectivity index (χ2v) is 5.83. The van der Waals surface area contributed by atoms with Crippen LogP contribution in [0.2, 0.25) is 0 Å². The molecule has 1 aromatic carbocycles. The number of rotatable bonds is 5. The highest BCUT2D eigenvalue weighted by atomic mass is 19.2. The number of carbonyl (C=O) groups excluding carboxylic acids is 1. The second kappa shape index (κ2) is 7.12. The highest BCUT2D eigenvalue weighted by Gasteiger charge is 2.26. The Bertz CT molecular complexity index is 502. The fourth-order valence-electron chi connectivity index (χ4n) is 2.97. The van der Waals surface area contributed by atoms with Crippen molar-refractivity contribution < 1.29 is 18.3 Å². The molecule has 0 spiro atoms. The van der Waals surface area contributed by atoms with Gasteiger partial charge in [0.05, 0.1) is 6.10 Å². The number of ether oxygens (including phenoxy) is 1. The molecule has 1 aliphatic carbocycles. The van der Waals surface area contributed by atoms with E-state index in [4.69, 9.17) is 4.74 Å². The lowest BCUT2D eigenvalue weighted by atomic mass is 9.85. The molecule has 0 saturated heterocycles. The van der Waals surface area contributed by atoms with Gasteiger partial charge in [-0.1, -0.05) is 26.2 Å². The molecule has 1 saturated carbocycles. The predicted molar refractivity (Wildman–Crippen MR) is 77.3 cm³/mol. The van der Waals surface area contributed by atoms with Crippen molar-refractivity contribution in [2.75, 3.05) is 0 Å². The number of hydrogen-bond donors (Lipinski definition) is 0. The summed E-state index contributed by atoms with van der Waals surface area (Å²) in [5.41, 5.74) is 0.157. The number of ketones is 1. The van der Waals surface area contributed by atoms with E-state index in [0.29, 0.717) is 5.92 Å². The summed E-state index contributed by atoms with van der Waals surface area (Å²) in [7, 11) is 0. The summed E-state index contributed by atoms with van der Waals surface area (Å²) < 4.78 is 31.9. The van der Waals surface area contributed by atoms with Crippen molar-refractivity contribution in [1.29, 1.82) is 0 Å². The Hall–Kier alpha value is -1.29. The molecule has 3 atom stereocenters. The molecule has 2 rings (SSSR count). The van der Waals surface area contributed by atoms with Gasteiger partial charge in [0, 0.05) is 5.56 Å². The average molecular weight is 296 g/mol. The van der Waals surface area contributed by atoms with E-state index >= 15 is 0 Å². The molecule has 0 aromatic heterocycles. The van der Waals surface area contributed by atoms with Crippen LogP contribution in [0.5, 0.6) is 0 Å². The first-order chi connectivity index (χ1) is 10.0. The largest absolute Gasteiger partial charge is 0.367 e. The Kier molecular flexibility index (Phi) is 5.45. The van der Waals surface area contributed by atoms with Gasteiger partial charge in [0.25, 0.3) is 0 Å². The van der Waals surface area contributed by atoms with Gasteiger partial charge in [0.1, 0.15) is 6.10 Å². The lowest BCUT2D eigenvalue weighted by Crippen LogP contribution is -2.30. The van der Waals surface area contributed by atoms with Crippen LogP contribution in [0.1, 0.15) is 56.3 Å². The molecule has 0 aliphatic heterocycles. The summed E-state index contributed by atoms with van der Waals surface area (Å²) >= 11 is 0. The smallest absolute Gasteiger partial charge is 0.191 e. The van der Waals surface area contributed by atoms with Gasteiger partial charge in [-0.2, -0.15) is 0 Å². The monoisotopic (exact) mass is 296 g/mol. The maximum atomic E-state index is 13.2. The SMILES string of the molecule is CCC1CCCC(OC(C)C(=O)c2ccc(F)c(F)c2)C1. The number of halogens is 2. The third-order valence-corrected chi connectivity index (χ3v) is 4.28. The number of Topliss-reactive ketones (excluding diaryl/α,β-unsaturated/α-hetero) is 1. The third kappa shape index (κ3) is 4.10. The van der Waals surface area contributed by atoms with Crippen LogP contribution in [0.15, 0.2) is 18.2 Å². The minimum atomic E-state index is -1.00. The molecule has 0 N–H and O–H groups in total. The Morgan fingerprint density at radius 1 is 1.33 bits per heavy atom. The van der Waals surface area contributed by atoms with Crippen molar-refractivity contribution in [3.8, 4) is 0 Å². The molecule has 2 nitrogen and oxygen atoms in total. The molecule has 0 bridgehead atoms. The fraction of sp³-hybridized carbons (Fsp3) is 0.588. The number of benzene rings is 1. The zero-order valence-electron chi connectivity index (χ0n) is 12.6. The van der Waals surface area contributed by atoms with Crippen molar-refractivity contribution in [2.45, 2.75) is 58.2 Å². The number of hydrogen-bond acceptors (Lipinski definition) is 2. The first-order valence-electron chi connectivity index (χ1n) is 7.66. The zero-order valence-corrected chi connectivity index (χ0v) is 12.6. The minimum Gasteiger partial charge on any atom is -0.367 e. The van der Waals surface area contributed by atoms with Crippen molar-refractivity contribution in [3.05, 3.63) is 35.4 Å². The van der Waals surface area contributed by atoms with E-state index in [-0.39, 0.29) is 17.5 Å². The van der Waals surface area contributed by atoms with Crippen LogP contribution < -0.4 is 0 Å². The highest BCUT2D eigenvalue weighted by molar-refractivity contribution is 5.99. The maximum absolute atomic E-state index is 13.2. The van der Waals surface area contributed by atoms with E-state index in [9.17, 15) is 13.6 Å². The van der Waals surface area contributed by atoms with Crippen molar-refractivity contribution >= 4 is 5.78 Å². The van der Waals surface area contributed by atoms with E-state index in [0.717, 1.165) is 37.8 Å². The molecule has 4 heteroatoms. The lowest BCUT2D eigenvalue weighted by Gasteiger charge is -2.30. The lowest BCUT2D eigenvalue weighted by molar-refractivity contribution is -0.0221. The summed E-state index contributed by atoms with van der Waals surface area (Å²) in [6.07, 6.45) is 4.88. The van der Waals surface area contributed by atoms with Gasteiger partial charge in [-0.25, -0.2) is 8.78 Å². The van der Waals surface area contributed by atoms with Crippen LogP contribution in [0, 0.1) is 17.6 Å². The summed E-state index contributed by atoms with van der Waals surface area (Å²) in [6.45, 7) is 3.85. The Morgan fingerprint density at radius 3 is 2.76 bits per heavy atom. The Balaban J connectivity index is 1.97. The molecule has 21 heavy (non-hydrogen) atoms. The van der Waals surface area contributed by atoms with Crippen LogP contribution in [-0.4, -0.2) is 18.0 Å². The molecule has 0 radical (unpaired) electrons. The van der Waals surface area contributed by atoms with Crippen LogP contribution in [0.3, 0.4) is 0 Å². The van der Waals surface area contributed by atoms with Crippen molar-refractivity contribution in [1.82, 2.24) is 0 Å². The standard InChI is InChI=1S/C17H22F2O2/c1-3-12-5-4-6-14(9-12)21-11(2)17(20)13-7-8-15(18)16(19)10-13/h7-8,10-12,14H,3-6,9H2,1-2H3. The molecule has 3 unspecified atom stereocenters. The Labute approximate surface area is 124 Å². The van der Waals surface area contributed by atoms with Gasteiger partial charge in [-0.15, -0.1) is 0 Å². The second-order valence-electron chi connectivity index (χ2n) is 5.83. The predicted octanol–water partition coefficient (Wildman–Crippen LogP) is 4.52. The van der Waals surface area contributed by atoms with Crippen LogP contribution in [-0.2, 0) is 4.74 Å². The molecule has 0 amide bonds. The Morgan fingerprint density at radius 2 is 2.10 bits per heavy atom. The summed E-state index contributed by atoms with van der Waals surface area (Å²) in [5, 5.41) is 0. The number of carbonyl (C=O) groups is 1. The van der Waals surface area contributed by atoms with E-state index in [1.807, 2.05) is 0 Å². The molecule has 0 heterocycles. The summed E-state index contributed by atoms with van der Waals surface area (Å²) in [4.78, 5) is 12.2. The average Bonchev–Trinajstić information content (AvgIpc) is 2.49. The van der Waals surface area contributed by atoms with Crippen LogP contribution in [0.25, 0.3) is 0 Å². The summed E-state index contributed by atoms with van der Waals surface area (Å²) in [5.74, 6) is -1.59. The van der Waals surface area contributed by atoms with Crippen LogP contribution in [0.4, 0.5) is 8.78 Å². The first kappa shape index (κ1) is 16.1. The fourth-order valence-corrected chi connectivity index (χ4v) is 2.97. The summed E-state index contributed by atoms with van der Waals surface area (Å²) in [6, 6.07) is 3.21. The topological polar surface area (TPSA) is 26.3 Å². The first-order valence-corrected chi connectivity index (χ1v) is 7.66. The zero-order chi connectivity index (χ0) is 15.4. The molecule has 1 fully saturated rings. The van der Waals surface area contributed by atoms with Crippen LogP contribution >= 0.6 is 0 Å². The van der Waals surface area contributed by atoms with Crippen molar-refractivity contribution in [2.24, 2.45) is 5.92 Å². The van der Waals surface area contributed by atoms with E-state index in [1.165, 1.54) is 12.5 Å². The molecular formula is C17H22F2O2. The van der Waals surface area contributed by atoms with Gasteiger partial charge in [-0.3, -0.25) is 4.79 Å². The van der Waals surface area contributed by atoms with Gasteiger partial charge in [-0.05, 0) is 43.9 Å². The molecular weight excluding hydrogens is 274 g/mol. The van der Waals surface area contributed by atoms with Gasteiger partial charge < -0.3 is 4.74 Å². The van der Waals surface area contributed by atoms with Crippen molar-refractivity contribution in [3.63, 3.8) is 0 Å². The quantitative estimate of drug-likeness (QED) is 0.747. The van der Waals surface area contributed by atoms with E-state index in [1.54, 1.807) is 6.92 Å². The maximum Gasteiger partial charge on any atom is 0.191 e. The molecule has 1 aliphatic rings. The van der Waals surface area contributed by atoms with Gasteiger partial charge >= 0.3 is 0 Å². The minimum absolute atomic E-state index is 0.0907. The van der Waals surface area contributed by atoms with Gasteiger partial charge in [0.2, 0.25) is 0 Å². The molecule has 116 valence electrons. The molecule has 1 aromatic rings. The van der Waals surface area contributed by atoms with E-state index in [2.05, 4.69) is 6.92 Å². The van der Waals surface area contributed by atoms with Gasteiger partial charge in [0.15, 0.2) is 17.4 Å². The highest BCUT2D eigenvalue weighted by Crippen LogP contribution is 2.29.